The van der Waals surface area contributed by atoms with Crippen LogP contribution in [-0.2, 0) is 0 Å². The minimum absolute atomic E-state index is 0.543. The molecule has 1 aliphatic rings. The van der Waals surface area contributed by atoms with Gasteiger partial charge >= 0.3 is 0 Å². The molecule has 0 saturated carbocycles. The Kier molecular flexibility index (Phi) is 5.25. The van der Waals surface area contributed by atoms with Crippen LogP contribution in [0, 0.1) is 12.3 Å². The predicted molar refractivity (Wildman–Crippen MR) is 109 cm³/mol. The summed E-state index contributed by atoms with van der Waals surface area (Å²) in [5, 5.41) is 8.90. The topological polar surface area (TPSA) is 27.1 Å². The largest absolute Gasteiger partial charge is 0.348 e. The second-order valence-corrected chi connectivity index (χ2v) is 7.20. The molecule has 3 rings (SSSR count). The number of hydrogen-bond donors (Lipinski definition) is 1. The number of aryl methyl sites for hydroxylation is 1. The van der Waals surface area contributed by atoms with Crippen molar-refractivity contribution >= 4 is 22.5 Å². The molecule has 2 nitrogen and oxygen atoms in total. The minimum Gasteiger partial charge on any atom is -0.348 e. The van der Waals surface area contributed by atoms with Crippen LogP contribution in [0.15, 0.2) is 89.0 Å². The van der Waals surface area contributed by atoms with Crippen LogP contribution in [-0.4, -0.2) is 17.0 Å². The summed E-state index contributed by atoms with van der Waals surface area (Å²) in [5.74, 6) is 0. The predicted octanol–water partition coefficient (Wildman–Crippen LogP) is 5.88. The van der Waals surface area contributed by atoms with Gasteiger partial charge in [-0.25, -0.2) is 0 Å². The molecule has 0 unspecified atom stereocenters. The van der Waals surface area contributed by atoms with Gasteiger partial charge in [0.05, 0.1) is 5.04 Å². The van der Waals surface area contributed by atoms with E-state index in [4.69, 9.17) is 5.41 Å². The first-order valence-corrected chi connectivity index (χ1v) is 9.09. The van der Waals surface area contributed by atoms with Crippen LogP contribution in [0.3, 0.4) is 0 Å². The van der Waals surface area contributed by atoms with Crippen molar-refractivity contribution in [3.63, 3.8) is 0 Å². The van der Waals surface area contributed by atoms with Crippen molar-refractivity contribution in [3.05, 3.63) is 95.2 Å². The molecule has 0 aromatic heterocycles. The molecular formula is C22H22N2S. The van der Waals surface area contributed by atoms with E-state index in [1.807, 2.05) is 24.3 Å². The Hall–Kier alpha value is -2.52. The van der Waals surface area contributed by atoms with Gasteiger partial charge in [0.1, 0.15) is 0 Å². The second-order valence-electron chi connectivity index (χ2n) is 6.12. The summed E-state index contributed by atoms with van der Waals surface area (Å²) < 4.78 is 0. The molecule has 3 heteroatoms. The number of nitrogens with zero attached hydrogens (tertiary/aromatic N) is 1. The lowest BCUT2D eigenvalue weighted by atomic mass is 10.0. The highest BCUT2D eigenvalue weighted by molar-refractivity contribution is 8.14. The van der Waals surface area contributed by atoms with Gasteiger partial charge in [-0.3, -0.25) is 5.41 Å². The first-order valence-electron chi connectivity index (χ1n) is 8.27. The van der Waals surface area contributed by atoms with E-state index < -0.39 is 0 Å². The minimum atomic E-state index is 0.543. The maximum Gasteiger partial charge on any atom is 0.0923 e. The molecule has 0 atom stereocenters. The Bertz CT molecular complexity index is 876. The van der Waals surface area contributed by atoms with E-state index in [2.05, 4.69) is 74.3 Å². The molecule has 1 heterocycles. The highest BCUT2D eigenvalue weighted by Gasteiger charge is 2.14. The van der Waals surface area contributed by atoms with Crippen molar-refractivity contribution in [2.75, 3.05) is 7.05 Å². The summed E-state index contributed by atoms with van der Waals surface area (Å²) in [7, 11) is 2.08. The second kappa shape index (κ2) is 7.58. The van der Waals surface area contributed by atoms with Crippen LogP contribution in [0.1, 0.15) is 18.1 Å². The van der Waals surface area contributed by atoms with E-state index >= 15 is 0 Å². The quantitative estimate of drug-likeness (QED) is 0.427. The van der Waals surface area contributed by atoms with Gasteiger partial charge in [-0.2, -0.15) is 0 Å². The summed E-state index contributed by atoms with van der Waals surface area (Å²) in [5.41, 5.74) is 5.76. The van der Waals surface area contributed by atoms with Crippen molar-refractivity contribution in [1.29, 1.82) is 5.41 Å². The molecule has 1 aliphatic heterocycles. The summed E-state index contributed by atoms with van der Waals surface area (Å²) in [6.45, 7) is 4.18. The fraction of sp³-hybridized carbons (Fsp3) is 0.136. The van der Waals surface area contributed by atoms with E-state index in [1.54, 1.807) is 0 Å². The SMILES string of the molecule is CC1=C/C(=C\C(=N)Sc2ccccc2C)C=C(c2ccccc2)N1C. The van der Waals surface area contributed by atoms with E-state index in [9.17, 15) is 0 Å². The molecule has 0 amide bonds. The van der Waals surface area contributed by atoms with Gasteiger partial charge in [0.15, 0.2) is 0 Å². The van der Waals surface area contributed by atoms with Crippen LogP contribution < -0.4 is 0 Å². The Morgan fingerprint density at radius 3 is 2.36 bits per heavy atom. The Morgan fingerprint density at radius 2 is 1.64 bits per heavy atom. The van der Waals surface area contributed by atoms with Gasteiger partial charge in [-0.15, -0.1) is 0 Å². The molecule has 0 spiro atoms. The first kappa shape index (κ1) is 17.3. The highest BCUT2D eigenvalue weighted by Crippen LogP contribution is 2.30. The van der Waals surface area contributed by atoms with Crippen molar-refractivity contribution in [2.24, 2.45) is 0 Å². The van der Waals surface area contributed by atoms with Gasteiger partial charge in [0.25, 0.3) is 0 Å². The molecule has 0 fully saturated rings. The van der Waals surface area contributed by atoms with Crippen molar-refractivity contribution < 1.29 is 0 Å². The number of hydrogen-bond acceptors (Lipinski definition) is 3. The van der Waals surface area contributed by atoms with Crippen LogP contribution in [0.4, 0.5) is 0 Å². The Labute approximate surface area is 154 Å². The maximum atomic E-state index is 8.36. The molecule has 0 saturated heterocycles. The summed E-state index contributed by atoms with van der Waals surface area (Å²) in [4.78, 5) is 3.32. The maximum absolute atomic E-state index is 8.36. The van der Waals surface area contributed by atoms with E-state index in [-0.39, 0.29) is 0 Å². The third kappa shape index (κ3) is 4.12. The average molecular weight is 346 g/mol. The van der Waals surface area contributed by atoms with Gasteiger partial charge in [-0.05, 0) is 54.8 Å². The van der Waals surface area contributed by atoms with Crippen LogP contribution in [0.2, 0.25) is 0 Å². The third-order valence-corrected chi connectivity index (χ3v) is 5.27. The molecule has 1 N–H and O–H groups in total. The van der Waals surface area contributed by atoms with E-state index in [0.717, 1.165) is 16.2 Å². The van der Waals surface area contributed by atoms with Crippen molar-refractivity contribution in [3.8, 4) is 0 Å². The monoisotopic (exact) mass is 346 g/mol. The first-order chi connectivity index (χ1) is 12.0. The zero-order valence-electron chi connectivity index (χ0n) is 14.8. The number of benzene rings is 2. The summed E-state index contributed by atoms with van der Waals surface area (Å²) >= 11 is 1.50. The van der Waals surface area contributed by atoms with Crippen molar-refractivity contribution in [1.82, 2.24) is 4.90 Å². The molecule has 25 heavy (non-hydrogen) atoms. The van der Waals surface area contributed by atoms with Gasteiger partial charge in [0.2, 0.25) is 0 Å². The van der Waals surface area contributed by atoms with Gasteiger partial charge < -0.3 is 4.90 Å². The number of nitrogens with one attached hydrogen (secondary N) is 1. The number of thioether (sulfide) groups is 1. The van der Waals surface area contributed by atoms with Gasteiger partial charge in [-0.1, -0.05) is 60.3 Å². The lowest BCUT2D eigenvalue weighted by Crippen LogP contribution is -2.17. The number of rotatable bonds is 3. The highest BCUT2D eigenvalue weighted by atomic mass is 32.2. The van der Waals surface area contributed by atoms with Crippen molar-refractivity contribution in [2.45, 2.75) is 18.7 Å². The Morgan fingerprint density at radius 1 is 0.960 bits per heavy atom. The molecule has 0 radical (unpaired) electrons. The molecular weight excluding hydrogens is 324 g/mol. The molecule has 2 aromatic rings. The van der Waals surface area contributed by atoms with E-state index in [0.29, 0.717) is 5.04 Å². The van der Waals surface area contributed by atoms with Crippen LogP contribution in [0.5, 0.6) is 0 Å². The standard InChI is InChI=1S/C22H22N2S/c1-16-9-7-8-12-21(16)25-22(23)15-18-13-17(2)24(3)20(14-18)19-10-5-4-6-11-19/h4-15,23H,1-3H3/b18-15+,23-22?. The average Bonchev–Trinajstić information content (AvgIpc) is 2.60. The molecule has 0 aliphatic carbocycles. The van der Waals surface area contributed by atoms with Gasteiger partial charge in [0, 0.05) is 23.3 Å². The zero-order valence-corrected chi connectivity index (χ0v) is 15.6. The third-order valence-electron chi connectivity index (χ3n) is 4.25. The molecule has 2 aromatic carbocycles. The van der Waals surface area contributed by atoms with Crippen LogP contribution >= 0.6 is 11.8 Å². The molecule has 0 bridgehead atoms. The normalized spacial score (nSPS) is 15.8. The fourth-order valence-electron chi connectivity index (χ4n) is 2.76. The van der Waals surface area contributed by atoms with Crippen LogP contribution in [0.25, 0.3) is 5.70 Å². The smallest absolute Gasteiger partial charge is 0.0923 e. The lowest BCUT2D eigenvalue weighted by molar-refractivity contribution is 0.591. The fourth-order valence-corrected chi connectivity index (χ4v) is 3.57. The summed E-state index contributed by atoms with van der Waals surface area (Å²) in [6.07, 6.45) is 6.21. The molecule has 126 valence electrons. The number of allylic oxidation sites excluding steroid dienone is 4. The zero-order chi connectivity index (χ0) is 17.8. The van der Waals surface area contributed by atoms with E-state index in [1.165, 1.54) is 28.6 Å². The Balaban J connectivity index is 1.87. The lowest BCUT2D eigenvalue weighted by Gasteiger charge is -2.27. The summed E-state index contributed by atoms with van der Waals surface area (Å²) in [6, 6.07) is 18.6.